The Bertz CT molecular complexity index is 202. The minimum absolute atomic E-state index is 0.726. The predicted molar refractivity (Wildman–Crippen MR) is 77.3 cm³/mol. The van der Waals surface area contributed by atoms with Gasteiger partial charge in [-0.05, 0) is 44.4 Å². The van der Waals surface area contributed by atoms with Gasteiger partial charge in [0.25, 0.3) is 0 Å². The van der Waals surface area contributed by atoms with Crippen LogP contribution < -0.4 is 5.32 Å². The van der Waals surface area contributed by atoms with Crippen LogP contribution in [0.5, 0.6) is 0 Å². The second-order valence-electron chi connectivity index (χ2n) is 6.39. The van der Waals surface area contributed by atoms with Gasteiger partial charge in [0.2, 0.25) is 0 Å². The van der Waals surface area contributed by atoms with Crippen LogP contribution in [0.2, 0.25) is 0 Å². The molecule has 1 rings (SSSR count). The first-order valence-electron chi connectivity index (χ1n) is 7.84. The van der Waals surface area contributed by atoms with Crippen LogP contribution in [0.1, 0.15) is 73.1 Å². The van der Waals surface area contributed by atoms with E-state index in [1.165, 1.54) is 38.5 Å². The summed E-state index contributed by atoms with van der Waals surface area (Å²) in [4.78, 5) is 0. The van der Waals surface area contributed by atoms with E-state index in [-0.39, 0.29) is 0 Å². The maximum Gasteiger partial charge on any atom is 0.00725 e. The topological polar surface area (TPSA) is 12.0 Å². The lowest BCUT2D eigenvalue weighted by Crippen LogP contribution is -2.29. The summed E-state index contributed by atoms with van der Waals surface area (Å²) in [5.41, 5.74) is 0. The van der Waals surface area contributed by atoms with Gasteiger partial charge in [0.15, 0.2) is 0 Å². The van der Waals surface area contributed by atoms with Gasteiger partial charge >= 0.3 is 0 Å². The molecule has 0 saturated carbocycles. The summed E-state index contributed by atoms with van der Waals surface area (Å²) in [6.07, 6.45) is 8.41. The highest BCUT2D eigenvalue weighted by Gasteiger charge is 2.32. The van der Waals surface area contributed by atoms with E-state index in [0.717, 1.165) is 29.8 Å². The third-order valence-corrected chi connectivity index (χ3v) is 4.79. The lowest BCUT2D eigenvalue weighted by molar-refractivity contribution is 0.256. The van der Waals surface area contributed by atoms with E-state index < -0.39 is 0 Å². The molecule has 0 aromatic carbocycles. The summed E-state index contributed by atoms with van der Waals surface area (Å²) >= 11 is 0. The molecule has 1 N–H and O–H groups in total. The molecule has 102 valence electrons. The first kappa shape index (κ1) is 15.0. The normalized spacial score (nSPS) is 32.6. The van der Waals surface area contributed by atoms with Gasteiger partial charge in [-0.15, -0.1) is 0 Å². The van der Waals surface area contributed by atoms with Crippen molar-refractivity contribution in [1.29, 1.82) is 0 Å². The van der Waals surface area contributed by atoms with Crippen molar-refractivity contribution in [3.63, 3.8) is 0 Å². The molecule has 5 atom stereocenters. The Morgan fingerprint density at radius 2 is 1.94 bits per heavy atom. The molecule has 0 radical (unpaired) electrons. The molecule has 5 unspecified atom stereocenters. The lowest BCUT2D eigenvalue weighted by atomic mass is 9.79. The minimum Gasteiger partial charge on any atom is -0.311 e. The molecule has 1 heterocycles. The van der Waals surface area contributed by atoms with Gasteiger partial charge in [-0.1, -0.05) is 46.5 Å². The van der Waals surface area contributed by atoms with E-state index in [4.69, 9.17) is 0 Å². The maximum absolute atomic E-state index is 3.68. The van der Waals surface area contributed by atoms with Crippen molar-refractivity contribution in [2.45, 2.75) is 85.2 Å². The molecule has 1 saturated heterocycles. The van der Waals surface area contributed by atoms with Gasteiger partial charge in [0, 0.05) is 12.1 Å². The van der Waals surface area contributed by atoms with Crippen LogP contribution in [0.3, 0.4) is 0 Å². The van der Waals surface area contributed by atoms with Crippen molar-refractivity contribution in [2.24, 2.45) is 17.8 Å². The number of hydrogen-bond donors (Lipinski definition) is 1. The van der Waals surface area contributed by atoms with Crippen molar-refractivity contribution < 1.29 is 0 Å². The molecule has 0 aromatic heterocycles. The van der Waals surface area contributed by atoms with Crippen LogP contribution in [0.15, 0.2) is 0 Å². The van der Waals surface area contributed by atoms with Crippen LogP contribution in [-0.2, 0) is 0 Å². The molecular formula is C16H33N. The summed E-state index contributed by atoms with van der Waals surface area (Å²) in [7, 11) is 0. The van der Waals surface area contributed by atoms with E-state index in [2.05, 4.69) is 39.9 Å². The highest BCUT2D eigenvalue weighted by Crippen LogP contribution is 2.33. The van der Waals surface area contributed by atoms with Gasteiger partial charge in [0.05, 0.1) is 0 Å². The zero-order valence-corrected chi connectivity index (χ0v) is 12.6. The quantitative estimate of drug-likeness (QED) is 0.684. The van der Waals surface area contributed by atoms with Crippen molar-refractivity contribution in [3.05, 3.63) is 0 Å². The predicted octanol–water partition coefficient (Wildman–Crippen LogP) is 4.62. The van der Waals surface area contributed by atoms with Crippen molar-refractivity contribution >= 4 is 0 Å². The molecular weight excluding hydrogens is 206 g/mol. The fourth-order valence-electron chi connectivity index (χ4n) is 3.66. The zero-order valence-electron chi connectivity index (χ0n) is 12.6. The highest BCUT2D eigenvalue weighted by atomic mass is 15.0. The van der Waals surface area contributed by atoms with E-state index in [1.54, 1.807) is 0 Å². The van der Waals surface area contributed by atoms with Crippen LogP contribution >= 0.6 is 0 Å². The summed E-state index contributed by atoms with van der Waals surface area (Å²) < 4.78 is 0. The van der Waals surface area contributed by atoms with Crippen LogP contribution in [0.4, 0.5) is 0 Å². The average Bonchev–Trinajstić information content (AvgIpc) is 2.63. The molecule has 0 bridgehead atoms. The molecule has 0 spiro atoms. The number of unbranched alkanes of at least 4 members (excludes halogenated alkanes) is 1. The van der Waals surface area contributed by atoms with Crippen molar-refractivity contribution in [3.8, 4) is 0 Å². The summed E-state index contributed by atoms with van der Waals surface area (Å²) in [6, 6.07) is 1.46. The first-order valence-corrected chi connectivity index (χ1v) is 7.84. The molecule has 0 amide bonds. The van der Waals surface area contributed by atoms with Gasteiger partial charge in [-0.3, -0.25) is 0 Å². The van der Waals surface area contributed by atoms with Crippen LogP contribution in [0, 0.1) is 17.8 Å². The smallest absolute Gasteiger partial charge is 0.00725 e. The molecule has 0 aliphatic carbocycles. The number of hydrogen-bond acceptors (Lipinski definition) is 1. The zero-order chi connectivity index (χ0) is 12.8. The van der Waals surface area contributed by atoms with Gasteiger partial charge in [-0.25, -0.2) is 0 Å². The molecule has 0 aromatic rings. The third-order valence-electron chi connectivity index (χ3n) is 4.79. The molecule has 1 aliphatic heterocycles. The second kappa shape index (κ2) is 7.41. The summed E-state index contributed by atoms with van der Waals surface area (Å²) in [5, 5.41) is 3.68. The molecule has 1 heteroatoms. The van der Waals surface area contributed by atoms with E-state index in [1.807, 2.05) is 0 Å². The minimum atomic E-state index is 0.726. The number of rotatable bonds is 7. The maximum atomic E-state index is 3.68. The fraction of sp³-hybridized carbons (Fsp3) is 1.00. The Morgan fingerprint density at radius 3 is 2.41 bits per heavy atom. The molecule has 17 heavy (non-hydrogen) atoms. The van der Waals surface area contributed by atoms with Crippen LogP contribution in [-0.4, -0.2) is 12.1 Å². The van der Waals surface area contributed by atoms with Gasteiger partial charge in [-0.2, -0.15) is 0 Å². The lowest BCUT2D eigenvalue weighted by Gasteiger charge is -2.26. The third kappa shape index (κ3) is 4.62. The molecule has 1 nitrogen and oxygen atoms in total. The van der Waals surface area contributed by atoms with Gasteiger partial charge < -0.3 is 5.32 Å². The summed E-state index contributed by atoms with van der Waals surface area (Å²) in [5.74, 6) is 2.76. The first-order chi connectivity index (χ1) is 8.08. The standard InChI is InChI=1S/C16H33N/c1-6-8-9-15(7-2)10-12(3)16-11-13(4)17-14(16)5/h12-17H,6-11H2,1-5H3. The van der Waals surface area contributed by atoms with E-state index >= 15 is 0 Å². The fourth-order valence-corrected chi connectivity index (χ4v) is 3.66. The Kier molecular flexibility index (Phi) is 6.54. The average molecular weight is 239 g/mol. The Balaban J connectivity index is 2.38. The Hall–Kier alpha value is -0.0400. The molecule has 1 fully saturated rings. The van der Waals surface area contributed by atoms with E-state index in [0.29, 0.717) is 0 Å². The van der Waals surface area contributed by atoms with Crippen LogP contribution in [0.25, 0.3) is 0 Å². The van der Waals surface area contributed by atoms with Gasteiger partial charge in [0.1, 0.15) is 0 Å². The van der Waals surface area contributed by atoms with Crippen molar-refractivity contribution in [2.75, 3.05) is 0 Å². The van der Waals surface area contributed by atoms with E-state index in [9.17, 15) is 0 Å². The molecule has 1 aliphatic rings. The summed E-state index contributed by atoms with van der Waals surface area (Å²) in [6.45, 7) is 11.9. The monoisotopic (exact) mass is 239 g/mol. The Morgan fingerprint density at radius 1 is 1.24 bits per heavy atom. The number of nitrogens with one attached hydrogen (secondary N) is 1. The Labute approximate surface area is 109 Å². The SMILES string of the molecule is CCCCC(CC)CC(C)C1CC(C)NC1C. The largest absolute Gasteiger partial charge is 0.311 e. The highest BCUT2D eigenvalue weighted by molar-refractivity contribution is 4.88. The van der Waals surface area contributed by atoms with Crippen molar-refractivity contribution in [1.82, 2.24) is 5.32 Å². The second-order valence-corrected chi connectivity index (χ2v) is 6.39.